The minimum Gasteiger partial charge on any atom is -0.347 e. The Bertz CT molecular complexity index is 1430. The molecular weight excluding hydrogens is 416 g/mol. The minimum absolute atomic E-state index is 0.0957. The van der Waals surface area contributed by atoms with Gasteiger partial charge in [0.2, 0.25) is 5.78 Å². The van der Waals surface area contributed by atoms with E-state index in [-0.39, 0.29) is 11.2 Å². The first kappa shape index (κ1) is 21.8. The molecule has 5 rings (SSSR count). The summed E-state index contributed by atoms with van der Waals surface area (Å²) in [7, 11) is 2.12. The third kappa shape index (κ3) is 3.73. The molecule has 0 bridgehead atoms. The van der Waals surface area contributed by atoms with Gasteiger partial charge >= 0.3 is 0 Å². The van der Waals surface area contributed by atoms with E-state index in [4.69, 9.17) is 0 Å². The molecule has 0 amide bonds. The van der Waals surface area contributed by atoms with Crippen LogP contribution in [0.15, 0.2) is 109 Å². The summed E-state index contributed by atoms with van der Waals surface area (Å²) < 4.78 is 0. The van der Waals surface area contributed by atoms with E-state index in [9.17, 15) is 4.79 Å². The number of allylic oxidation sites excluding steroid dienone is 4. The van der Waals surface area contributed by atoms with Gasteiger partial charge in [0.15, 0.2) is 0 Å². The summed E-state index contributed by atoms with van der Waals surface area (Å²) in [6.07, 6.45) is 8.09. The molecule has 3 heteroatoms. The lowest BCUT2D eigenvalue weighted by Gasteiger charge is -2.30. The van der Waals surface area contributed by atoms with E-state index in [0.717, 1.165) is 6.42 Å². The third-order valence-electron chi connectivity index (χ3n) is 6.97. The normalized spacial score (nSPS) is 18.7. The molecule has 0 radical (unpaired) electrons. The van der Waals surface area contributed by atoms with Gasteiger partial charge in [-0.25, -0.2) is 0 Å². The molecule has 0 N–H and O–H groups in total. The monoisotopic (exact) mass is 444 g/mol. The van der Waals surface area contributed by atoms with Crippen LogP contribution in [0.1, 0.15) is 34.1 Å². The minimum atomic E-state index is -0.255. The van der Waals surface area contributed by atoms with Gasteiger partial charge in [-0.15, -0.1) is 0 Å². The predicted molar refractivity (Wildman–Crippen MR) is 140 cm³/mol. The van der Waals surface area contributed by atoms with E-state index in [2.05, 4.69) is 97.5 Å². The molecule has 1 aliphatic rings. The lowest BCUT2D eigenvalue weighted by molar-refractivity contribution is 0.104. The van der Waals surface area contributed by atoms with Crippen LogP contribution in [0.3, 0.4) is 0 Å². The van der Waals surface area contributed by atoms with Gasteiger partial charge in [-0.2, -0.15) is 0 Å². The molecule has 168 valence electrons. The molecule has 1 aliphatic heterocycles. The summed E-state index contributed by atoms with van der Waals surface area (Å²) in [5.74, 6) is -0.0957. The molecule has 1 atom stereocenters. The number of aryl methyl sites for hydroxylation is 1. The van der Waals surface area contributed by atoms with Crippen LogP contribution in [0.4, 0.5) is 5.69 Å². The fourth-order valence-electron chi connectivity index (χ4n) is 5.23. The molecule has 4 aromatic rings. The number of carbonyl (C=O) groups is 1. The quantitative estimate of drug-likeness (QED) is 0.250. The first-order valence-electron chi connectivity index (χ1n) is 11.6. The van der Waals surface area contributed by atoms with Crippen molar-refractivity contribution in [3.05, 3.63) is 131 Å². The van der Waals surface area contributed by atoms with Crippen molar-refractivity contribution in [2.75, 3.05) is 11.9 Å². The highest BCUT2D eigenvalue weighted by Gasteiger charge is 2.43. The summed E-state index contributed by atoms with van der Waals surface area (Å²) in [5, 5.41) is 2.52. The maximum Gasteiger partial charge on any atom is 0.204 e. The molecule has 1 aromatic heterocycles. The van der Waals surface area contributed by atoms with Gasteiger partial charge in [-0.05, 0) is 78.1 Å². The van der Waals surface area contributed by atoms with Crippen molar-refractivity contribution in [3.8, 4) is 0 Å². The number of likely N-dealkylation sites (N-methyl/N-ethyl adjacent to an activating group) is 1. The maximum absolute atomic E-state index is 12.6. The number of anilines is 1. The van der Waals surface area contributed by atoms with Crippen molar-refractivity contribution < 1.29 is 4.79 Å². The topological polar surface area (TPSA) is 33.2 Å². The number of carbonyl (C=O) groups excluding carboxylic acids is 1. The molecular formula is C31H28N2O. The molecule has 0 fully saturated rings. The number of pyridine rings is 1. The van der Waals surface area contributed by atoms with Gasteiger partial charge in [0.05, 0.1) is 0 Å². The summed E-state index contributed by atoms with van der Waals surface area (Å²) >= 11 is 0. The van der Waals surface area contributed by atoms with E-state index in [0.29, 0.717) is 5.69 Å². The van der Waals surface area contributed by atoms with Crippen molar-refractivity contribution >= 4 is 22.2 Å². The Kier molecular flexibility index (Phi) is 5.62. The van der Waals surface area contributed by atoms with Crippen LogP contribution in [-0.2, 0) is 11.8 Å². The summed E-state index contributed by atoms with van der Waals surface area (Å²) in [4.78, 5) is 19.0. The van der Waals surface area contributed by atoms with Crippen LogP contribution in [0.25, 0.3) is 10.8 Å². The largest absolute Gasteiger partial charge is 0.347 e. The molecule has 0 spiro atoms. The average molecular weight is 445 g/mol. The van der Waals surface area contributed by atoms with Crippen LogP contribution in [0, 0.1) is 6.92 Å². The second-order valence-electron chi connectivity index (χ2n) is 9.17. The zero-order valence-electron chi connectivity index (χ0n) is 19.8. The highest BCUT2D eigenvalue weighted by Crippen LogP contribution is 2.52. The smallest absolute Gasteiger partial charge is 0.204 e. The van der Waals surface area contributed by atoms with Crippen LogP contribution in [0.5, 0.6) is 0 Å². The zero-order chi connectivity index (χ0) is 23.7. The number of hydrogen-bond acceptors (Lipinski definition) is 3. The van der Waals surface area contributed by atoms with Crippen LogP contribution in [0.2, 0.25) is 0 Å². The lowest BCUT2D eigenvalue weighted by atomic mass is 9.74. The van der Waals surface area contributed by atoms with Gasteiger partial charge in [0, 0.05) is 30.0 Å². The Morgan fingerprint density at radius 1 is 0.971 bits per heavy atom. The number of nitrogens with zero attached hydrogens (tertiary/aromatic N) is 2. The molecule has 0 saturated carbocycles. The Labute approximate surface area is 201 Å². The summed E-state index contributed by atoms with van der Waals surface area (Å²) in [6, 6.07) is 27.0. The second kappa shape index (κ2) is 8.75. The SMILES string of the molecule is Cc1ccccc1CC1(C)C(=CC=CC(=O)c2ccccn2)N(C)c2ccc3ccccc3c21. The predicted octanol–water partition coefficient (Wildman–Crippen LogP) is 6.82. The molecule has 0 saturated heterocycles. The molecule has 1 unspecified atom stereocenters. The Morgan fingerprint density at radius 3 is 2.53 bits per heavy atom. The fraction of sp³-hybridized carbons (Fsp3) is 0.161. The first-order chi connectivity index (χ1) is 16.5. The third-order valence-corrected chi connectivity index (χ3v) is 6.97. The van der Waals surface area contributed by atoms with Gasteiger partial charge < -0.3 is 4.90 Å². The van der Waals surface area contributed by atoms with Crippen LogP contribution in [-0.4, -0.2) is 17.8 Å². The zero-order valence-corrected chi connectivity index (χ0v) is 19.8. The highest BCUT2D eigenvalue weighted by atomic mass is 16.1. The van der Waals surface area contributed by atoms with E-state index in [1.54, 1.807) is 18.3 Å². The van der Waals surface area contributed by atoms with E-state index in [1.165, 1.54) is 38.8 Å². The number of fused-ring (bicyclic) bond motifs is 3. The number of ketones is 1. The Balaban J connectivity index is 1.63. The fourth-order valence-corrected chi connectivity index (χ4v) is 5.23. The first-order valence-corrected chi connectivity index (χ1v) is 11.6. The number of aromatic nitrogens is 1. The number of benzene rings is 3. The maximum atomic E-state index is 12.6. The van der Waals surface area contributed by atoms with Crippen molar-refractivity contribution in [3.63, 3.8) is 0 Å². The lowest BCUT2D eigenvalue weighted by Crippen LogP contribution is -2.29. The van der Waals surface area contributed by atoms with Gasteiger partial charge in [-0.3, -0.25) is 9.78 Å². The van der Waals surface area contributed by atoms with Crippen molar-refractivity contribution in [1.29, 1.82) is 0 Å². The Hall–Kier alpha value is -3.98. The Morgan fingerprint density at radius 2 is 1.74 bits per heavy atom. The van der Waals surface area contributed by atoms with Gasteiger partial charge in [0.1, 0.15) is 5.69 Å². The molecule has 3 nitrogen and oxygen atoms in total. The second-order valence-corrected chi connectivity index (χ2v) is 9.17. The summed E-state index contributed by atoms with van der Waals surface area (Å²) in [5.41, 5.74) is 6.55. The van der Waals surface area contributed by atoms with Gasteiger partial charge in [0.25, 0.3) is 0 Å². The molecule has 2 heterocycles. The van der Waals surface area contributed by atoms with Crippen molar-refractivity contribution in [2.24, 2.45) is 0 Å². The number of hydrogen-bond donors (Lipinski definition) is 0. The van der Waals surface area contributed by atoms with E-state index in [1.807, 2.05) is 18.2 Å². The van der Waals surface area contributed by atoms with Crippen molar-refractivity contribution in [1.82, 2.24) is 4.98 Å². The molecule has 3 aromatic carbocycles. The molecule has 34 heavy (non-hydrogen) atoms. The number of rotatable bonds is 5. The van der Waals surface area contributed by atoms with E-state index >= 15 is 0 Å². The standard InChI is InChI=1S/C31H28N2O/c1-22-11-4-5-13-24(22)21-31(2)29(17-10-16-28(34)26-15-8-9-20-32-26)33(3)27-19-18-23-12-6-7-14-25(23)30(27)31/h4-20H,21H2,1-3H3. The van der Waals surface area contributed by atoms with Crippen LogP contribution < -0.4 is 4.90 Å². The van der Waals surface area contributed by atoms with Crippen LogP contribution >= 0.6 is 0 Å². The van der Waals surface area contributed by atoms with E-state index < -0.39 is 0 Å². The molecule has 0 aliphatic carbocycles. The van der Waals surface area contributed by atoms with Crippen molar-refractivity contribution in [2.45, 2.75) is 25.7 Å². The van der Waals surface area contributed by atoms with Gasteiger partial charge in [-0.1, -0.05) is 66.7 Å². The highest BCUT2D eigenvalue weighted by molar-refractivity contribution is 6.03. The summed E-state index contributed by atoms with van der Waals surface area (Å²) in [6.45, 7) is 4.50. The average Bonchev–Trinajstić information content (AvgIpc) is 3.07.